The fourth-order valence-electron chi connectivity index (χ4n) is 3.59. The van der Waals surface area contributed by atoms with E-state index >= 15 is 0 Å². The summed E-state index contributed by atoms with van der Waals surface area (Å²) in [5.74, 6) is -0.162. The molecule has 1 aromatic carbocycles. The predicted octanol–water partition coefficient (Wildman–Crippen LogP) is 3.55. The number of nitrogens with one attached hydrogen (secondary N) is 2. The van der Waals surface area contributed by atoms with Crippen molar-refractivity contribution < 1.29 is 27.5 Å². The molecule has 8 nitrogen and oxygen atoms in total. The molecular weight excluding hydrogens is 420 g/mol. The minimum atomic E-state index is -3.34. The van der Waals surface area contributed by atoms with Crippen LogP contribution in [-0.2, 0) is 25.9 Å². The summed E-state index contributed by atoms with van der Waals surface area (Å²) >= 11 is 0. The Balaban J connectivity index is 1.99. The van der Waals surface area contributed by atoms with Gasteiger partial charge in [-0.2, -0.15) is 0 Å². The molecule has 0 bridgehead atoms. The number of carbonyl (C=O) groups excluding carboxylic acids is 2. The average Bonchev–Trinajstić information content (AvgIpc) is 2.67. The topological polar surface area (TPSA) is 111 Å². The molecule has 1 aliphatic rings. The van der Waals surface area contributed by atoms with Gasteiger partial charge in [-0.25, -0.2) is 18.0 Å². The summed E-state index contributed by atoms with van der Waals surface area (Å²) in [6, 6.07) is 9.12. The number of hydrogen-bond acceptors (Lipinski definition) is 6. The van der Waals surface area contributed by atoms with Crippen LogP contribution in [0.1, 0.15) is 58.9 Å². The highest BCUT2D eigenvalue weighted by molar-refractivity contribution is 7.91. The quantitative estimate of drug-likeness (QED) is 0.652. The molecule has 0 heterocycles. The van der Waals surface area contributed by atoms with Crippen LogP contribution in [0.5, 0.6) is 0 Å². The van der Waals surface area contributed by atoms with Gasteiger partial charge in [0.1, 0.15) is 12.2 Å². The van der Waals surface area contributed by atoms with Crippen LogP contribution in [0.2, 0.25) is 0 Å². The van der Waals surface area contributed by atoms with Crippen molar-refractivity contribution >= 4 is 22.0 Å². The zero-order chi connectivity index (χ0) is 23.1. The zero-order valence-electron chi connectivity index (χ0n) is 18.8. The highest BCUT2D eigenvalue weighted by Gasteiger charge is 2.41. The normalized spacial score (nSPS) is 21.7. The van der Waals surface area contributed by atoms with E-state index in [0.29, 0.717) is 25.7 Å². The maximum absolute atomic E-state index is 12.5. The molecule has 1 fully saturated rings. The summed E-state index contributed by atoms with van der Waals surface area (Å²) in [6.07, 6.45) is 0.727. The monoisotopic (exact) mass is 454 g/mol. The third-order valence-electron chi connectivity index (χ3n) is 5.18. The molecule has 31 heavy (non-hydrogen) atoms. The lowest BCUT2D eigenvalue weighted by molar-refractivity contribution is 0.0478. The summed E-state index contributed by atoms with van der Waals surface area (Å²) in [4.78, 5) is 24.5. The largest absolute Gasteiger partial charge is 0.445 e. The van der Waals surface area contributed by atoms with Gasteiger partial charge in [-0.15, -0.1) is 0 Å². The Hall–Kier alpha value is -2.29. The van der Waals surface area contributed by atoms with E-state index in [4.69, 9.17) is 9.47 Å². The van der Waals surface area contributed by atoms with Gasteiger partial charge in [0.05, 0.1) is 11.3 Å². The smallest absolute Gasteiger partial charge is 0.407 e. The minimum absolute atomic E-state index is 0.00488. The Labute approximate surface area is 185 Å². The SMILES string of the molecule is CCS(=O)(=O)CC1(NC(=O)OCc2ccccc2)CCC(NC(=O)OC(C)(C)C)CC1. The van der Waals surface area contributed by atoms with E-state index in [9.17, 15) is 18.0 Å². The summed E-state index contributed by atoms with van der Waals surface area (Å²) in [7, 11) is -3.34. The van der Waals surface area contributed by atoms with Gasteiger partial charge < -0.3 is 20.1 Å². The second kappa shape index (κ2) is 10.3. The first-order valence-corrected chi connectivity index (χ1v) is 12.4. The molecule has 0 spiro atoms. The number of sulfone groups is 1. The number of amides is 2. The van der Waals surface area contributed by atoms with Crippen molar-refractivity contribution in [1.82, 2.24) is 10.6 Å². The molecule has 2 N–H and O–H groups in total. The number of alkyl carbamates (subject to hydrolysis) is 2. The lowest BCUT2D eigenvalue weighted by Crippen LogP contribution is -2.57. The Bertz CT molecular complexity index is 841. The van der Waals surface area contributed by atoms with Gasteiger partial charge >= 0.3 is 12.2 Å². The summed E-state index contributed by atoms with van der Waals surface area (Å²) < 4.78 is 35.3. The number of ether oxygens (including phenoxy) is 2. The highest BCUT2D eigenvalue weighted by atomic mass is 32.2. The molecule has 1 aromatic rings. The van der Waals surface area contributed by atoms with E-state index in [-0.39, 0.29) is 24.2 Å². The van der Waals surface area contributed by atoms with Gasteiger partial charge in [0, 0.05) is 11.8 Å². The second-order valence-electron chi connectivity index (χ2n) is 9.06. The van der Waals surface area contributed by atoms with Gasteiger partial charge in [0.25, 0.3) is 0 Å². The Kier molecular flexibility index (Phi) is 8.34. The van der Waals surface area contributed by atoms with E-state index in [1.807, 2.05) is 30.3 Å². The lowest BCUT2D eigenvalue weighted by atomic mass is 9.80. The molecule has 0 atom stereocenters. The fourth-order valence-corrected chi connectivity index (χ4v) is 5.00. The molecule has 174 valence electrons. The van der Waals surface area contributed by atoms with Gasteiger partial charge in [-0.05, 0) is 52.0 Å². The van der Waals surface area contributed by atoms with Crippen molar-refractivity contribution in [2.24, 2.45) is 0 Å². The summed E-state index contributed by atoms with van der Waals surface area (Å²) in [5.41, 5.74) is -0.672. The lowest BCUT2D eigenvalue weighted by Gasteiger charge is -2.40. The highest BCUT2D eigenvalue weighted by Crippen LogP contribution is 2.31. The second-order valence-corrected chi connectivity index (χ2v) is 11.4. The molecule has 0 aliphatic heterocycles. The van der Waals surface area contributed by atoms with Crippen LogP contribution in [0, 0.1) is 0 Å². The predicted molar refractivity (Wildman–Crippen MR) is 118 cm³/mol. The van der Waals surface area contributed by atoms with Crippen LogP contribution >= 0.6 is 0 Å². The molecule has 1 aliphatic carbocycles. The number of benzene rings is 1. The van der Waals surface area contributed by atoms with Crippen LogP contribution in [0.25, 0.3) is 0 Å². The Morgan fingerprint density at radius 1 is 1.10 bits per heavy atom. The van der Waals surface area contributed by atoms with Crippen LogP contribution in [0.15, 0.2) is 30.3 Å². The first-order chi connectivity index (χ1) is 14.4. The molecule has 9 heteroatoms. The number of rotatable bonds is 7. The van der Waals surface area contributed by atoms with Crippen LogP contribution < -0.4 is 10.6 Å². The van der Waals surface area contributed by atoms with E-state index in [2.05, 4.69) is 10.6 Å². The zero-order valence-corrected chi connectivity index (χ0v) is 19.6. The molecule has 0 unspecified atom stereocenters. The van der Waals surface area contributed by atoms with Crippen molar-refractivity contribution in [3.8, 4) is 0 Å². The number of carbonyl (C=O) groups is 2. The fraction of sp³-hybridized carbons (Fsp3) is 0.636. The Morgan fingerprint density at radius 2 is 1.71 bits per heavy atom. The van der Waals surface area contributed by atoms with Crippen LogP contribution in [0.3, 0.4) is 0 Å². The van der Waals surface area contributed by atoms with E-state index in [0.717, 1.165) is 5.56 Å². The van der Waals surface area contributed by atoms with E-state index in [1.165, 1.54) is 0 Å². The van der Waals surface area contributed by atoms with Crippen molar-refractivity contribution in [2.45, 2.75) is 77.2 Å². The minimum Gasteiger partial charge on any atom is -0.445 e. The first-order valence-electron chi connectivity index (χ1n) is 10.6. The average molecular weight is 455 g/mol. The number of hydrogen-bond donors (Lipinski definition) is 2. The van der Waals surface area contributed by atoms with E-state index in [1.54, 1.807) is 27.7 Å². The van der Waals surface area contributed by atoms with Gasteiger partial charge in [-0.1, -0.05) is 37.3 Å². The maximum Gasteiger partial charge on any atom is 0.407 e. The molecule has 0 radical (unpaired) electrons. The third kappa shape index (κ3) is 8.77. The van der Waals surface area contributed by atoms with Crippen molar-refractivity contribution in [1.29, 1.82) is 0 Å². The first kappa shape index (κ1) is 25.0. The van der Waals surface area contributed by atoms with Crippen LogP contribution in [0.4, 0.5) is 9.59 Å². The van der Waals surface area contributed by atoms with Gasteiger partial charge in [0.2, 0.25) is 0 Å². The molecule has 1 saturated carbocycles. The van der Waals surface area contributed by atoms with Gasteiger partial charge in [-0.3, -0.25) is 0 Å². The van der Waals surface area contributed by atoms with Crippen LogP contribution in [-0.4, -0.2) is 49.3 Å². The third-order valence-corrected chi connectivity index (χ3v) is 7.05. The maximum atomic E-state index is 12.5. The molecule has 2 rings (SSSR count). The standard InChI is InChI=1S/C22H34N2O6S/c1-5-31(27,28)16-22(24-20(26)29-15-17-9-7-6-8-10-17)13-11-18(12-14-22)23-19(25)30-21(2,3)4/h6-10,18H,5,11-16H2,1-4H3,(H,23,25)(H,24,26). The van der Waals surface area contributed by atoms with Gasteiger partial charge in [0.15, 0.2) is 9.84 Å². The molecule has 0 saturated heterocycles. The summed E-state index contributed by atoms with van der Waals surface area (Å²) in [5, 5.41) is 5.66. The molecular formula is C22H34N2O6S. The molecule has 0 aromatic heterocycles. The summed E-state index contributed by atoms with van der Waals surface area (Å²) in [6.45, 7) is 7.07. The van der Waals surface area contributed by atoms with Crippen molar-refractivity contribution in [3.05, 3.63) is 35.9 Å². The Morgan fingerprint density at radius 3 is 2.26 bits per heavy atom. The van der Waals surface area contributed by atoms with E-state index < -0.39 is 33.2 Å². The van der Waals surface area contributed by atoms with Crippen molar-refractivity contribution in [2.75, 3.05) is 11.5 Å². The van der Waals surface area contributed by atoms with Crippen molar-refractivity contribution in [3.63, 3.8) is 0 Å². The molecule has 2 amide bonds.